The number of anilines is 2. The van der Waals surface area contributed by atoms with E-state index in [-0.39, 0.29) is 18.5 Å². The van der Waals surface area contributed by atoms with Gasteiger partial charge in [-0.15, -0.1) is 12.4 Å². The van der Waals surface area contributed by atoms with Gasteiger partial charge in [0.1, 0.15) is 5.60 Å². The number of carbonyl (C=O) groups excluding carboxylic acids is 1. The van der Waals surface area contributed by atoms with E-state index in [1.807, 2.05) is 56.6 Å². The first-order valence-electron chi connectivity index (χ1n) is 13.7. The Labute approximate surface area is 242 Å². The maximum atomic E-state index is 12.1. The molecular weight excluding hydrogens is 528 g/mol. The maximum absolute atomic E-state index is 12.1. The Bertz CT molecular complexity index is 1430. The van der Waals surface area contributed by atoms with Crippen molar-refractivity contribution in [3.05, 3.63) is 48.8 Å². The fourth-order valence-corrected chi connectivity index (χ4v) is 5.06. The minimum absolute atomic E-state index is 0. The van der Waals surface area contributed by atoms with Crippen LogP contribution in [0.4, 0.5) is 16.2 Å². The summed E-state index contributed by atoms with van der Waals surface area (Å²) in [6.07, 6.45) is 3.57. The molecule has 0 atom stereocenters. The lowest BCUT2D eigenvalue weighted by Crippen LogP contribution is -2.50. The van der Waals surface area contributed by atoms with Gasteiger partial charge in [0.25, 0.3) is 0 Å². The summed E-state index contributed by atoms with van der Waals surface area (Å²) < 4.78 is 9.25. The number of halogens is 1. The molecule has 216 valence electrons. The number of aryl methyl sites for hydroxylation is 2. The number of benzene rings is 2. The van der Waals surface area contributed by atoms with E-state index in [1.54, 1.807) is 4.90 Å². The van der Waals surface area contributed by atoms with Crippen molar-refractivity contribution >= 4 is 51.7 Å². The van der Waals surface area contributed by atoms with Crippen molar-refractivity contribution in [2.45, 2.75) is 26.4 Å². The first-order valence-corrected chi connectivity index (χ1v) is 13.7. The number of ether oxygens (including phenoxy) is 1. The molecule has 0 radical (unpaired) electrons. The second-order valence-corrected chi connectivity index (χ2v) is 11.2. The van der Waals surface area contributed by atoms with Crippen LogP contribution in [0.1, 0.15) is 20.8 Å². The number of piperazine rings is 2. The molecule has 1 amide bonds. The minimum Gasteiger partial charge on any atom is -0.444 e. The molecule has 40 heavy (non-hydrogen) atoms. The van der Waals surface area contributed by atoms with Gasteiger partial charge in [0.2, 0.25) is 0 Å². The second kappa shape index (κ2) is 12.3. The Morgan fingerprint density at radius 2 is 1.25 bits per heavy atom. The van der Waals surface area contributed by atoms with Crippen molar-refractivity contribution in [2.75, 3.05) is 62.2 Å². The highest BCUT2D eigenvalue weighted by atomic mass is 35.5. The van der Waals surface area contributed by atoms with Gasteiger partial charge in [-0.05, 0) is 57.2 Å². The lowest BCUT2D eigenvalue weighted by atomic mass is 10.2. The molecule has 0 saturated carbocycles. The predicted molar refractivity (Wildman–Crippen MR) is 164 cm³/mol. The van der Waals surface area contributed by atoms with Crippen LogP contribution in [0, 0.1) is 0 Å². The Balaban J connectivity index is 0.000000191. The Hall–Kier alpha value is -3.50. The summed E-state index contributed by atoms with van der Waals surface area (Å²) in [5.74, 6) is 0. The van der Waals surface area contributed by atoms with Crippen molar-refractivity contribution in [2.24, 2.45) is 14.1 Å². The van der Waals surface area contributed by atoms with Gasteiger partial charge >= 0.3 is 6.09 Å². The first-order chi connectivity index (χ1) is 18.7. The first kappa shape index (κ1) is 29.5. The zero-order valence-corrected chi connectivity index (χ0v) is 24.9. The van der Waals surface area contributed by atoms with E-state index in [2.05, 4.69) is 61.7 Å². The number of amides is 1. The average molecular weight is 569 g/mol. The summed E-state index contributed by atoms with van der Waals surface area (Å²) >= 11 is 0. The van der Waals surface area contributed by atoms with Gasteiger partial charge in [-0.2, -0.15) is 10.2 Å². The summed E-state index contributed by atoms with van der Waals surface area (Å²) in [5, 5.41) is 14.3. The molecule has 2 saturated heterocycles. The number of hydrogen-bond acceptors (Lipinski definition) is 7. The largest absolute Gasteiger partial charge is 0.444 e. The van der Waals surface area contributed by atoms with E-state index < -0.39 is 5.60 Å². The highest BCUT2D eigenvalue weighted by molar-refractivity contribution is 5.85. The van der Waals surface area contributed by atoms with Crippen molar-refractivity contribution in [1.29, 1.82) is 0 Å². The molecule has 11 heteroatoms. The van der Waals surface area contributed by atoms with Gasteiger partial charge < -0.3 is 24.8 Å². The Morgan fingerprint density at radius 1 is 0.775 bits per heavy atom. The molecule has 0 unspecified atom stereocenters. The van der Waals surface area contributed by atoms with E-state index in [4.69, 9.17) is 4.74 Å². The van der Waals surface area contributed by atoms with Gasteiger partial charge in [-0.25, -0.2) is 4.79 Å². The lowest BCUT2D eigenvalue weighted by molar-refractivity contribution is 0.0240. The predicted octanol–water partition coefficient (Wildman–Crippen LogP) is 4.04. The number of nitrogens with zero attached hydrogens (tertiary/aromatic N) is 7. The van der Waals surface area contributed by atoms with Gasteiger partial charge in [-0.1, -0.05) is 0 Å². The summed E-state index contributed by atoms with van der Waals surface area (Å²) in [7, 11) is 3.94. The molecule has 6 rings (SSSR count). The van der Waals surface area contributed by atoms with Crippen LogP contribution in [0.2, 0.25) is 0 Å². The van der Waals surface area contributed by atoms with E-state index >= 15 is 0 Å². The number of carbonyl (C=O) groups is 1. The summed E-state index contributed by atoms with van der Waals surface area (Å²) in [6, 6.07) is 12.9. The highest BCUT2D eigenvalue weighted by Crippen LogP contribution is 2.24. The fourth-order valence-electron chi connectivity index (χ4n) is 5.06. The molecule has 1 N–H and O–H groups in total. The van der Waals surface area contributed by atoms with Gasteiger partial charge in [0.15, 0.2) is 0 Å². The minimum atomic E-state index is -0.446. The van der Waals surface area contributed by atoms with Crippen molar-refractivity contribution in [1.82, 2.24) is 29.8 Å². The molecule has 10 nitrogen and oxygen atoms in total. The van der Waals surface area contributed by atoms with E-state index in [9.17, 15) is 4.79 Å². The number of rotatable bonds is 2. The Morgan fingerprint density at radius 3 is 1.73 bits per heavy atom. The summed E-state index contributed by atoms with van der Waals surface area (Å²) in [4.78, 5) is 18.6. The quantitative estimate of drug-likeness (QED) is 0.391. The average Bonchev–Trinajstić information content (AvgIpc) is 3.50. The maximum Gasteiger partial charge on any atom is 0.410 e. The van der Waals surface area contributed by atoms with Crippen LogP contribution in [-0.4, -0.2) is 88.5 Å². The van der Waals surface area contributed by atoms with Gasteiger partial charge in [-0.3, -0.25) is 9.36 Å². The molecule has 0 bridgehead atoms. The molecule has 2 aliphatic heterocycles. The third-order valence-electron chi connectivity index (χ3n) is 7.24. The van der Waals surface area contributed by atoms with Crippen molar-refractivity contribution in [3.63, 3.8) is 0 Å². The topological polar surface area (TPSA) is 83.7 Å². The highest BCUT2D eigenvalue weighted by Gasteiger charge is 2.26. The van der Waals surface area contributed by atoms with Crippen LogP contribution in [0.3, 0.4) is 0 Å². The molecule has 4 aromatic rings. The van der Waals surface area contributed by atoms with Crippen LogP contribution in [0.15, 0.2) is 48.8 Å². The Kier molecular flexibility index (Phi) is 9.10. The third-order valence-corrected chi connectivity index (χ3v) is 7.24. The number of aromatic nitrogens is 4. The second-order valence-electron chi connectivity index (χ2n) is 11.2. The third kappa shape index (κ3) is 6.79. The van der Waals surface area contributed by atoms with Crippen LogP contribution in [0.5, 0.6) is 0 Å². The number of nitrogens with one attached hydrogen (secondary N) is 1. The zero-order chi connectivity index (χ0) is 27.6. The van der Waals surface area contributed by atoms with E-state index in [1.165, 1.54) is 22.3 Å². The normalized spacial score (nSPS) is 16.0. The van der Waals surface area contributed by atoms with Crippen LogP contribution in [-0.2, 0) is 18.8 Å². The summed E-state index contributed by atoms with van der Waals surface area (Å²) in [5.41, 5.74) is 4.36. The fraction of sp³-hybridized carbons (Fsp3) is 0.483. The molecular formula is C29H41ClN8O2. The molecule has 2 fully saturated rings. The molecule has 0 spiro atoms. The lowest BCUT2D eigenvalue weighted by Gasteiger charge is -2.36. The number of fused-ring (bicyclic) bond motifs is 2. The molecule has 2 aliphatic rings. The standard InChI is InChI=1S/C17H24N4O2.C12H16N4.ClH/c1-17(2,3)23-16(22)21-9-7-20(8-10-21)14-6-5-13-12-18-19(4)15(13)11-14;1-15-12-8-11(3-2-10(12)9-14-15)16-6-4-13-5-7-16;/h5-6,11-12H,7-10H2,1-4H3;2-3,8-9,13H,4-7H2,1H3;1H. The van der Waals surface area contributed by atoms with Crippen molar-refractivity contribution in [3.8, 4) is 0 Å². The van der Waals surface area contributed by atoms with Crippen molar-refractivity contribution < 1.29 is 9.53 Å². The molecule has 4 heterocycles. The molecule has 0 aliphatic carbocycles. The zero-order valence-electron chi connectivity index (χ0n) is 24.1. The molecule has 2 aromatic carbocycles. The number of hydrogen-bond donors (Lipinski definition) is 1. The smallest absolute Gasteiger partial charge is 0.410 e. The molecule has 2 aromatic heterocycles. The SMILES string of the molecule is Cl.Cn1ncc2ccc(N3CCN(C(=O)OC(C)(C)C)CC3)cc21.Cn1ncc2ccc(N3CCNCC3)cc21. The van der Waals surface area contributed by atoms with Crippen LogP contribution in [0.25, 0.3) is 21.8 Å². The van der Waals surface area contributed by atoms with Crippen LogP contribution >= 0.6 is 12.4 Å². The van der Waals surface area contributed by atoms with Crippen LogP contribution < -0.4 is 15.1 Å². The monoisotopic (exact) mass is 568 g/mol. The summed E-state index contributed by atoms with van der Waals surface area (Å²) in [6.45, 7) is 13.0. The van der Waals surface area contributed by atoms with Gasteiger partial charge in [0.05, 0.1) is 23.4 Å². The van der Waals surface area contributed by atoms with E-state index in [0.29, 0.717) is 13.1 Å². The van der Waals surface area contributed by atoms with Gasteiger partial charge in [0, 0.05) is 88.6 Å². The van der Waals surface area contributed by atoms with E-state index in [0.717, 1.165) is 50.2 Å².